The molecule has 2 nitrogen and oxygen atoms in total. The molecule has 2 heteroatoms. The van der Waals surface area contributed by atoms with Crippen molar-refractivity contribution in [2.24, 2.45) is 0 Å². The van der Waals surface area contributed by atoms with Gasteiger partial charge in [-0.2, -0.15) is 0 Å². The summed E-state index contributed by atoms with van der Waals surface area (Å²) in [5.74, 6) is 0. The number of para-hydroxylation sites is 1. The van der Waals surface area contributed by atoms with Crippen LogP contribution >= 0.6 is 0 Å². The van der Waals surface area contributed by atoms with Crippen molar-refractivity contribution in [3.8, 4) is 0 Å². The standard InChI is InChI=1S/C13H11NO/c15-9-11-5-3-4-10-8-12-6-1-2-7-14(12)13(10)11/h1-5,8-9H,6-7H2. The molecule has 0 atom stereocenters. The fourth-order valence-corrected chi connectivity index (χ4v) is 2.27. The fourth-order valence-electron chi connectivity index (χ4n) is 2.27. The molecule has 1 aliphatic rings. The Morgan fingerprint density at radius 1 is 1.27 bits per heavy atom. The van der Waals surface area contributed by atoms with E-state index in [1.54, 1.807) is 0 Å². The van der Waals surface area contributed by atoms with Crippen LogP contribution in [0.4, 0.5) is 0 Å². The maximum absolute atomic E-state index is 11.0. The minimum absolute atomic E-state index is 0.786. The van der Waals surface area contributed by atoms with Gasteiger partial charge in [-0.25, -0.2) is 0 Å². The molecule has 0 N–H and O–H groups in total. The number of hydrogen-bond acceptors (Lipinski definition) is 1. The summed E-state index contributed by atoms with van der Waals surface area (Å²) in [5.41, 5.74) is 3.16. The molecule has 0 aliphatic carbocycles. The number of nitrogens with zero attached hydrogens (tertiary/aromatic N) is 1. The molecule has 0 radical (unpaired) electrons. The normalized spacial score (nSPS) is 14.1. The molecular formula is C13H11NO. The van der Waals surface area contributed by atoms with Gasteiger partial charge in [0.1, 0.15) is 0 Å². The molecule has 2 aromatic rings. The first kappa shape index (κ1) is 8.48. The molecule has 0 unspecified atom stereocenters. The van der Waals surface area contributed by atoms with Crippen LogP contribution in [0.25, 0.3) is 10.9 Å². The zero-order chi connectivity index (χ0) is 10.3. The number of hydrogen-bond donors (Lipinski definition) is 0. The summed E-state index contributed by atoms with van der Waals surface area (Å²) in [6, 6.07) is 8.05. The SMILES string of the molecule is O=Cc1cccc2cc3n(c12)CC=CC3. The van der Waals surface area contributed by atoms with Crippen molar-refractivity contribution in [3.05, 3.63) is 47.7 Å². The Labute approximate surface area is 87.8 Å². The van der Waals surface area contributed by atoms with E-state index in [-0.39, 0.29) is 0 Å². The van der Waals surface area contributed by atoms with Crippen molar-refractivity contribution in [3.63, 3.8) is 0 Å². The third kappa shape index (κ3) is 1.14. The van der Waals surface area contributed by atoms with Gasteiger partial charge in [-0.3, -0.25) is 4.79 Å². The van der Waals surface area contributed by atoms with Crippen LogP contribution < -0.4 is 0 Å². The summed E-state index contributed by atoms with van der Waals surface area (Å²) >= 11 is 0. The van der Waals surface area contributed by atoms with Crippen molar-refractivity contribution in [2.75, 3.05) is 0 Å². The van der Waals surface area contributed by atoms with Gasteiger partial charge in [-0.15, -0.1) is 0 Å². The largest absolute Gasteiger partial charge is 0.340 e. The van der Waals surface area contributed by atoms with Gasteiger partial charge in [0.05, 0.1) is 5.52 Å². The topological polar surface area (TPSA) is 22.0 Å². The molecule has 0 spiro atoms. The van der Waals surface area contributed by atoms with E-state index in [0.29, 0.717) is 0 Å². The van der Waals surface area contributed by atoms with Crippen molar-refractivity contribution < 1.29 is 4.79 Å². The molecule has 0 saturated carbocycles. The summed E-state index contributed by atoms with van der Waals surface area (Å²) < 4.78 is 2.22. The van der Waals surface area contributed by atoms with E-state index < -0.39 is 0 Å². The number of aromatic nitrogens is 1. The summed E-state index contributed by atoms with van der Waals surface area (Å²) in [4.78, 5) is 11.0. The summed E-state index contributed by atoms with van der Waals surface area (Å²) in [7, 11) is 0. The Kier molecular flexibility index (Phi) is 1.75. The Balaban J connectivity index is 2.40. The number of rotatable bonds is 1. The van der Waals surface area contributed by atoms with E-state index in [1.165, 1.54) is 11.1 Å². The van der Waals surface area contributed by atoms with E-state index in [2.05, 4.69) is 28.9 Å². The van der Waals surface area contributed by atoms with E-state index in [4.69, 9.17) is 0 Å². The number of aldehydes is 1. The van der Waals surface area contributed by atoms with Crippen LogP contribution in [-0.4, -0.2) is 10.9 Å². The third-order valence-corrected chi connectivity index (χ3v) is 2.95. The molecule has 1 aliphatic heterocycles. The average Bonchev–Trinajstić information content (AvgIpc) is 2.67. The van der Waals surface area contributed by atoms with E-state index >= 15 is 0 Å². The molecule has 15 heavy (non-hydrogen) atoms. The van der Waals surface area contributed by atoms with E-state index in [1.807, 2.05) is 12.1 Å². The van der Waals surface area contributed by atoms with Gasteiger partial charge in [0.25, 0.3) is 0 Å². The third-order valence-electron chi connectivity index (χ3n) is 2.95. The predicted octanol–water partition coefficient (Wildman–Crippen LogP) is 2.57. The Morgan fingerprint density at radius 2 is 2.20 bits per heavy atom. The molecule has 3 rings (SSSR count). The second-order valence-corrected chi connectivity index (χ2v) is 3.82. The number of carbonyl (C=O) groups excluding carboxylic acids is 1. The minimum atomic E-state index is 0.786. The molecule has 0 amide bonds. The van der Waals surface area contributed by atoms with Gasteiger partial charge in [-0.05, 0) is 12.1 Å². The summed E-state index contributed by atoms with van der Waals surface area (Å²) in [6.45, 7) is 0.879. The summed E-state index contributed by atoms with van der Waals surface area (Å²) in [6.07, 6.45) is 6.23. The Morgan fingerprint density at radius 3 is 3.07 bits per heavy atom. The van der Waals surface area contributed by atoms with E-state index in [0.717, 1.165) is 30.3 Å². The lowest BCUT2D eigenvalue weighted by molar-refractivity contribution is 0.112. The van der Waals surface area contributed by atoms with Crippen LogP contribution in [0.3, 0.4) is 0 Å². The van der Waals surface area contributed by atoms with Crippen molar-refractivity contribution in [1.29, 1.82) is 0 Å². The van der Waals surface area contributed by atoms with Crippen molar-refractivity contribution in [2.45, 2.75) is 13.0 Å². The van der Waals surface area contributed by atoms with Crippen molar-refractivity contribution >= 4 is 17.2 Å². The van der Waals surface area contributed by atoms with E-state index in [9.17, 15) is 4.79 Å². The average molecular weight is 197 g/mol. The van der Waals surface area contributed by atoms with Gasteiger partial charge in [0.15, 0.2) is 6.29 Å². The van der Waals surface area contributed by atoms with Crippen molar-refractivity contribution in [1.82, 2.24) is 4.57 Å². The molecule has 1 aromatic carbocycles. The maximum atomic E-state index is 11.0. The smallest absolute Gasteiger partial charge is 0.152 e. The zero-order valence-electron chi connectivity index (χ0n) is 8.31. The molecule has 0 fully saturated rings. The Hall–Kier alpha value is -1.83. The lowest BCUT2D eigenvalue weighted by atomic mass is 10.1. The highest BCUT2D eigenvalue weighted by atomic mass is 16.1. The van der Waals surface area contributed by atoms with Gasteiger partial charge in [0.2, 0.25) is 0 Å². The van der Waals surface area contributed by atoms with Crippen LogP contribution in [-0.2, 0) is 13.0 Å². The number of carbonyl (C=O) groups is 1. The Bertz CT molecular complexity index is 563. The first-order valence-corrected chi connectivity index (χ1v) is 5.11. The summed E-state index contributed by atoms with van der Waals surface area (Å²) in [5, 5.41) is 1.17. The monoisotopic (exact) mass is 197 g/mol. The molecular weight excluding hydrogens is 186 g/mol. The van der Waals surface area contributed by atoms with Crippen LogP contribution in [0, 0.1) is 0 Å². The highest BCUT2D eigenvalue weighted by Gasteiger charge is 2.11. The van der Waals surface area contributed by atoms with Crippen LogP contribution in [0.15, 0.2) is 36.4 Å². The zero-order valence-corrected chi connectivity index (χ0v) is 8.31. The molecule has 74 valence electrons. The number of benzene rings is 1. The van der Waals surface area contributed by atoms with Gasteiger partial charge >= 0.3 is 0 Å². The van der Waals surface area contributed by atoms with Gasteiger partial charge < -0.3 is 4.57 Å². The van der Waals surface area contributed by atoms with Gasteiger partial charge in [0, 0.05) is 29.6 Å². The van der Waals surface area contributed by atoms with Crippen LogP contribution in [0.1, 0.15) is 16.1 Å². The lowest BCUT2D eigenvalue weighted by Crippen LogP contribution is -2.05. The molecule has 0 bridgehead atoms. The fraction of sp³-hybridized carbons (Fsp3) is 0.154. The quantitative estimate of drug-likeness (QED) is 0.508. The second-order valence-electron chi connectivity index (χ2n) is 3.82. The highest BCUT2D eigenvalue weighted by Crippen LogP contribution is 2.25. The minimum Gasteiger partial charge on any atom is -0.340 e. The predicted molar refractivity (Wildman–Crippen MR) is 60.2 cm³/mol. The number of fused-ring (bicyclic) bond motifs is 3. The lowest BCUT2D eigenvalue weighted by Gasteiger charge is -2.11. The highest BCUT2D eigenvalue weighted by molar-refractivity contribution is 5.97. The maximum Gasteiger partial charge on any atom is 0.152 e. The number of allylic oxidation sites excluding steroid dienone is 2. The molecule has 1 aromatic heterocycles. The second kappa shape index (κ2) is 3.09. The molecule has 2 heterocycles. The van der Waals surface area contributed by atoms with Crippen LogP contribution in [0.2, 0.25) is 0 Å². The first-order valence-electron chi connectivity index (χ1n) is 5.11. The van der Waals surface area contributed by atoms with Gasteiger partial charge in [-0.1, -0.05) is 24.3 Å². The molecule has 0 saturated heterocycles. The first-order chi connectivity index (χ1) is 7.40. The van der Waals surface area contributed by atoms with Crippen LogP contribution in [0.5, 0.6) is 0 Å².